The summed E-state index contributed by atoms with van der Waals surface area (Å²) in [7, 11) is 1.20. The van der Waals surface area contributed by atoms with Crippen molar-refractivity contribution in [1.82, 2.24) is 15.2 Å². The number of amides is 2. The maximum atomic E-state index is 14.5. The van der Waals surface area contributed by atoms with Crippen molar-refractivity contribution in [3.05, 3.63) is 61.6 Å². The smallest absolute Gasteiger partial charge is 0.352 e. The van der Waals surface area contributed by atoms with E-state index in [4.69, 9.17) is 10.6 Å². The second-order valence-corrected chi connectivity index (χ2v) is 13.1. The highest BCUT2D eigenvalue weighted by Crippen LogP contribution is 2.43. The quantitative estimate of drug-likeness (QED) is 0.0842. The van der Waals surface area contributed by atoms with Crippen LogP contribution in [0.5, 0.6) is 0 Å². The summed E-state index contributed by atoms with van der Waals surface area (Å²) in [6.07, 6.45) is 0. The number of anilines is 1. The number of hydrogen-bond donors (Lipinski definition) is 4. The predicted molar refractivity (Wildman–Crippen MR) is 155 cm³/mol. The van der Waals surface area contributed by atoms with Crippen LogP contribution in [0.2, 0.25) is 0 Å². The summed E-state index contributed by atoms with van der Waals surface area (Å²) in [6.45, 7) is 0. The molecule has 0 unspecified atom stereocenters. The number of nitrogen functional groups attached to an aromatic ring is 1. The molecule has 2 amide bonds. The van der Waals surface area contributed by atoms with Crippen LogP contribution < -0.4 is 16.5 Å². The predicted octanol–water partition coefficient (Wildman–Crippen LogP) is 2.30. The molecule has 13 nitrogen and oxygen atoms in total. The minimum atomic E-state index is -1.84. The molecule has 0 spiro atoms. The first-order valence-electron chi connectivity index (χ1n) is 11.9. The lowest BCUT2D eigenvalue weighted by atomic mass is 10.0. The van der Waals surface area contributed by atoms with Crippen LogP contribution in [0.25, 0.3) is 10.1 Å². The number of nitrogens with zero attached hydrogens (tertiary/aromatic N) is 3. The molecular formula is C24H16F3N5O8S4. The third-order valence-corrected chi connectivity index (χ3v) is 10.8. The number of thioether (sulfide) groups is 2. The normalized spacial score (nSPS) is 18.2. The highest BCUT2D eigenvalue weighted by Gasteiger charge is 2.54. The zero-order valence-corrected chi connectivity index (χ0v) is 25.0. The van der Waals surface area contributed by atoms with Crippen LogP contribution in [-0.4, -0.2) is 79.6 Å². The first-order valence-corrected chi connectivity index (χ1v) is 15.6. The Morgan fingerprint density at radius 2 is 1.95 bits per heavy atom. The third kappa shape index (κ3) is 5.37. The molecule has 0 aliphatic carbocycles. The minimum Gasteiger partial charge on any atom is -0.477 e. The number of carboxylic acid groups (broad SMARTS) is 2. The Kier molecular flexibility index (Phi) is 8.60. The van der Waals surface area contributed by atoms with Gasteiger partial charge in [-0.1, -0.05) is 5.16 Å². The maximum absolute atomic E-state index is 14.5. The Balaban J connectivity index is 1.41. The molecule has 0 bridgehead atoms. The van der Waals surface area contributed by atoms with Crippen LogP contribution >= 0.6 is 46.2 Å². The standard InChI is InChI=1S/C24H16F3N5O8S4/c1-40-31-13(9-5-43-24(28)29-9)18(34)30-14-19(35)32-15(22(38)39)6(3-41-20(14)32)4-42-23-10(21(36)37)16(33)7-2-8(25)11(26)12(27)17(7)44-23/h2,5,14,20H,3-4H2,1H3,(H2,28,29)(H,30,34)(H,36,37)(H,38,39)/b31-13-/t14-,20+/m1/s1. The number of aromatic nitrogens is 1. The first kappa shape index (κ1) is 31.3. The van der Waals surface area contributed by atoms with Crippen LogP contribution in [0.4, 0.5) is 18.3 Å². The van der Waals surface area contributed by atoms with Crippen LogP contribution in [0, 0.1) is 17.5 Å². The van der Waals surface area contributed by atoms with E-state index in [0.29, 0.717) is 29.2 Å². The minimum absolute atomic E-state index is 0.0101. The lowest BCUT2D eigenvalue weighted by Crippen LogP contribution is -2.71. The number of carbonyl (C=O) groups is 4. The Morgan fingerprint density at radius 1 is 1.23 bits per heavy atom. The molecule has 230 valence electrons. The molecule has 5 rings (SSSR count). The molecule has 0 saturated carbocycles. The van der Waals surface area contributed by atoms with Gasteiger partial charge in [-0.05, 0) is 11.6 Å². The molecule has 3 aromatic rings. The summed E-state index contributed by atoms with van der Waals surface area (Å²) in [5.41, 5.74) is 3.12. The highest BCUT2D eigenvalue weighted by atomic mass is 32.2. The Hall–Kier alpha value is -4.14. The molecule has 5 N–H and O–H groups in total. The van der Waals surface area contributed by atoms with Gasteiger partial charge in [0.2, 0.25) is 5.43 Å². The second kappa shape index (κ2) is 12.1. The number of aliphatic carboxylic acids is 1. The summed E-state index contributed by atoms with van der Waals surface area (Å²) in [5.74, 6) is -10.2. The molecule has 2 atom stereocenters. The molecule has 2 aromatic heterocycles. The van der Waals surface area contributed by atoms with E-state index >= 15 is 0 Å². The first-order chi connectivity index (χ1) is 20.8. The topological polar surface area (TPSA) is 202 Å². The van der Waals surface area contributed by atoms with E-state index in [1.807, 2.05) is 0 Å². The van der Waals surface area contributed by atoms with Crippen molar-refractivity contribution >= 4 is 90.9 Å². The number of benzene rings is 1. The zero-order valence-electron chi connectivity index (χ0n) is 21.8. The monoisotopic (exact) mass is 687 g/mol. The molecule has 44 heavy (non-hydrogen) atoms. The number of β-lactam (4-membered cyclic amide) rings is 1. The van der Waals surface area contributed by atoms with Gasteiger partial charge in [0.05, 0.1) is 8.91 Å². The number of hydrogen-bond acceptors (Lipinski definition) is 13. The fraction of sp³-hybridized carbons (Fsp3) is 0.208. The average Bonchev–Trinajstić information content (AvgIpc) is 3.41. The van der Waals surface area contributed by atoms with Gasteiger partial charge in [0.25, 0.3) is 11.8 Å². The van der Waals surface area contributed by atoms with Gasteiger partial charge >= 0.3 is 11.9 Å². The molecule has 4 heterocycles. The van der Waals surface area contributed by atoms with Gasteiger partial charge in [0, 0.05) is 22.3 Å². The molecule has 1 fully saturated rings. The van der Waals surface area contributed by atoms with E-state index in [9.17, 15) is 47.4 Å². The van der Waals surface area contributed by atoms with Gasteiger partial charge in [0.1, 0.15) is 35.5 Å². The van der Waals surface area contributed by atoms with E-state index in [-0.39, 0.29) is 37.8 Å². The number of oxime groups is 1. The van der Waals surface area contributed by atoms with Gasteiger partial charge in [-0.2, -0.15) is 0 Å². The van der Waals surface area contributed by atoms with Gasteiger partial charge in [-0.15, -0.1) is 46.2 Å². The van der Waals surface area contributed by atoms with E-state index < -0.39 is 79.4 Å². The SMILES string of the molecule is CO/N=C(\C(=O)N[C@@H]1C(=O)N2C(C(=O)O)=C(CSc3sc4c(F)c(F)c(F)cc4c(=O)c3C(=O)O)CS[C@@H]12)c1csc(N)n1. The third-order valence-electron chi connectivity index (χ3n) is 6.28. The molecule has 2 aliphatic heterocycles. The van der Waals surface area contributed by atoms with E-state index in [0.717, 1.165) is 28.0 Å². The van der Waals surface area contributed by atoms with Crippen molar-refractivity contribution in [3.63, 3.8) is 0 Å². The Labute approximate surface area is 259 Å². The van der Waals surface area contributed by atoms with E-state index in [2.05, 4.69) is 15.5 Å². The summed E-state index contributed by atoms with van der Waals surface area (Å²) in [6, 6.07) is -0.728. The van der Waals surface area contributed by atoms with Gasteiger partial charge < -0.3 is 26.1 Å². The molecule has 20 heteroatoms. The van der Waals surface area contributed by atoms with Crippen LogP contribution in [0.1, 0.15) is 16.1 Å². The summed E-state index contributed by atoms with van der Waals surface area (Å²) < 4.78 is 41.2. The number of halogens is 3. The fourth-order valence-electron chi connectivity index (χ4n) is 4.35. The highest BCUT2D eigenvalue weighted by molar-refractivity contribution is 8.02. The summed E-state index contributed by atoms with van der Waals surface area (Å²) in [4.78, 5) is 72.6. The van der Waals surface area contributed by atoms with Gasteiger partial charge in [-0.25, -0.2) is 27.7 Å². The Morgan fingerprint density at radius 3 is 2.57 bits per heavy atom. The molecule has 1 aromatic carbocycles. The van der Waals surface area contributed by atoms with Crippen molar-refractivity contribution in [2.75, 3.05) is 24.3 Å². The van der Waals surface area contributed by atoms with Crippen molar-refractivity contribution in [1.29, 1.82) is 0 Å². The van der Waals surface area contributed by atoms with Crippen molar-refractivity contribution < 1.29 is 47.4 Å². The molecule has 2 aliphatic rings. The average molecular weight is 688 g/mol. The number of aromatic carboxylic acids is 1. The molecule has 1 saturated heterocycles. The number of nitrogens with two attached hydrogens (primary N) is 1. The van der Waals surface area contributed by atoms with Crippen molar-refractivity contribution in [2.45, 2.75) is 15.6 Å². The second-order valence-electron chi connectivity index (χ2n) is 8.86. The number of carbonyl (C=O) groups excluding carboxylic acids is 2. The van der Waals surface area contributed by atoms with E-state index in [1.54, 1.807) is 0 Å². The van der Waals surface area contributed by atoms with Crippen molar-refractivity contribution in [2.24, 2.45) is 5.16 Å². The number of thiazole rings is 1. The summed E-state index contributed by atoms with van der Waals surface area (Å²) >= 11 is 3.21. The zero-order chi connectivity index (χ0) is 32.0. The van der Waals surface area contributed by atoms with Crippen LogP contribution in [0.15, 0.2) is 36.9 Å². The lowest BCUT2D eigenvalue weighted by Gasteiger charge is -2.49. The largest absolute Gasteiger partial charge is 0.477 e. The Bertz CT molecular complexity index is 1890. The number of nitrogens with one attached hydrogen (secondary N) is 1. The fourth-order valence-corrected chi connectivity index (χ4v) is 8.81. The van der Waals surface area contributed by atoms with Gasteiger partial charge in [-0.3, -0.25) is 19.3 Å². The number of carboxylic acids is 2. The summed E-state index contributed by atoms with van der Waals surface area (Å²) in [5, 5.41) is 25.9. The number of rotatable bonds is 9. The molecular weight excluding hydrogens is 672 g/mol. The van der Waals surface area contributed by atoms with E-state index in [1.165, 1.54) is 12.5 Å². The van der Waals surface area contributed by atoms with Crippen LogP contribution in [0.3, 0.4) is 0 Å². The van der Waals surface area contributed by atoms with Crippen molar-refractivity contribution in [3.8, 4) is 0 Å². The lowest BCUT2D eigenvalue weighted by molar-refractivity contribution is -0.150. The van der Waals surface area contributed by atoms with Crippen LogP contribution in [-0.2, 0) is 19.2 Å². The maximum Gasteiger partial charge on any atom is 0.352 e. The molecule has 0 radical (unpaired) electrons. The van der Waals surface area contributed by atoms with Gasteiger partial charge in [0.15, 0.2) is 28.3 Å². The number of fused-ring (bicyclic) bond motifs is 2.